The minimum atomic E-state index is -3.76. The summed E-state index contributed by atoms with van der Waals surface area (Å²) in [6.45, 7) is 4.57. The molecule has 0 aromatic heterocycles. The Kier molecular flexibility index (Phi) is 6.10. The SMILES string of the molecule is CCCN(CCC)S(=O)(=O)c1cc([N+](=O)[O-])ccc1NC. The van der Waals surface area contributed by atoms with E-state index in [2.05, 4.69) is 5.32 Å². The lowest BCUT2D eigenvalue weighted by atomic mass is 10.3. The largest absolute Gasteiger partial charge is 0.387 e. The number of nitrogens with one attached hydrogen (secondary N) is 1. The molecular weight excluding hydrogens is 294 g/mol. The molecule has 21 heavy (non-hydrogen) atoms. The number of benzene rings is 1. The first kappa shape index (κ1) is 17.4. The predicted octanol–water partition coefficient (Wildman–Crippen LogP) is 2.45. The molecule has 0 aliphatic heterocycles. The molecule has 1 rings (SSSR count). The van der Waals surface area contributed by atoms with Crippen molar-refractivity contribution < 1.29 is 13.3 Å². The highest BCUT2D eigenvalue weighted by molar-refractivity contribution is 7.89. The lowest BCUT2D eigenvalue weighted by Crippen LogP contribution is -2.33. The van der Waals surface area contributed by atoms with Gasteiger partial charge in [0.1, 0.15) is 4.90 Å². The summed E-state index contributed by atoms with van der Waals surface area (Å²) in [6.07, 6.45) is 1.37. The Bertz CT molecular complexity index is 595. The highest BCUT2D eigenvalue weighted by atomic mass is 32.2. The topological polar surface area (TPSA) is 92.5 Å². The fourth-order valence-corrected chi connectivity index (χ4v) is 3.88. The van der Waals surface area contributed by atoms with Crippen LogP contribution < -0.4 is 5.32 Å². The molecule has 8 heteroatoms. The Labute approximate surface area is 125 Å². The van der Waals surface area contributed by atoms with E-state index in [0.29, 0.717) is 31.6 Å². The van der Waals surface area contributed by atoms with Crippen molar-refractivity contribution in [1.29, 1.82) is 0 Å². The van der Waals surface area contributed by atoms with Crippen LogP contribution in [0.3, 0.4) is 0 Å². The smallest absolute Gasteiger partial charge is 0.270 e. The number of non-ortho nitro benzene ring substituents is 1. The van der Waals surface area contributed by atoms with E-state index in [9.17, 15) is 18.5 Å². The highest BCUT2D eigenvalue weighted by Gasteiger charge is 2.27. The molecule has 0 bridgehead atoms. The van der Waals surface area contributed by atoms with Gasteiger partial charge in [-0.25, -0.2) is 8.42 Å². The predicted molar refractivity (Wildman–Crippen MR) is 82.0 cm³/mol. The van der Waals surface area contributed by atoms with Crippen LogP contribution in [0, 0.1) is 10.1 Å². The molecule has 118 valence electrons. The van der Waals surface area contributed by atoms with Gasteiger partial charge in [-0.05, 0) is 18.9 Å². The lowest BCUT2D eigenvalue weighted by Gasteiger charge is -2.22. The van der Waals surface area contributed by atoms with Crippen molar-refractivity contribution in [2.75, 3.05) is 25.5 Å². The molecule has 0 saturated heterocycles. The third-order valence-corrected chi connectivity index (χ3v) is 4.95. The second kappa shape index (κ2) is 7.37. The van der Waals surface area contributed by atoms with Gasteiger partial charge in [0, 0.05) is 32.3 Å². The third kappa shape index (κ3) is 3.92. The maximum atomic E-state index is 12.7. The molecule has 0 heterocycles. The van der Waals surface area contributed by atoms with Crippen LogP contribution in [0.5, 0.6) is 0 Å². The number of anilines is 1. The molecule has 0 fully saturated rings. The van der Waals surface area contributed by atoms with Crippen molar-refractivity contribution in [3.8, 4) is 0 Å². The Balaban J connectivity index is 3.39. The number of rotatable bonds is 8. The van der Waals surface area contributed by atoms with Crippen LogP contribution in [-0.2, 0) is 10.0 Å². The molecule has 0 atom stereocenters. The van der Waals surface area contributed by atoms with Crippen LogP contribution in [0.4, 0.5) is 11.4 Å². The molecule has 7 nitrogen and oxygen atoms in total. The summed E-state index contributed by atoms with van der Waals surface area (Å²) >= 11 is 0. The van der Waals surface area contributed by atoms with Crippen LogP contribution in [0.15, 0.2) is 23.1 Å². The zero-order valence-electron chi connectivity index (χ0n) is 12.5. The van der Waals surface area contributed by atoms with Crippen LogP contribution in [-0.4, -0.2) is 37.8 Å². The molecule has 1 aromatic rings. The van der Waals surface area contributed by atoms with Gasteiger partial charge >= 0.3 is 0 Å². The maximum Gasteiger partial charge on any atom is 0.270 e. The summed E-state index contributed by atoms with van der Waals surface area (Å²) in [5, 5.41) is 13.7. The van der Waals surface area contributed by atoms with E-state index in [0.717, 1.165) is 6.07 Å². The van der Waals surface area contributed by atoms with Crippen molar-refractivity contribution in [1.82, 2.24) is 4.31 Å². The van der Waals surface area contributed by atoms with Crippen LogP contribution in [0.2, 0.25) is 0 Å². The molecule has 0 unspecified atom stereocenters. The number of hydrogen-bond acceptors (Lipinski definition) is 5. The first-order chi connectivity index (χ1) is 9.88. The average Bonchev–Trinajstić information content (AvgIpc) is 2.46. The van der Waals surface area contributed by atoms with Crippen molar-refractivity contribution in [2.24, 2.45) is 0 Å². The fourth-order valence-electron chi connectivity index (χ4n) is 2.03. The summed E-state index contributed by atoms with van der Waals surface area (Å²) in [5.41, 5.74) is 0.123. The van der Waals surface area contributed by atoms with E-state index in [-0.39, 0.29) is 10.6 Å². The normalized spacial score (nSPS) is 11.6. The Morgan fingerprint density at radius 2 is 1.81 bits per heavy atom. The standard InChI is InChI=1S/C13H21N3O4S/c1-4-8-15(9-5-2)21(19,20)13-10-11(16(17)18)6-7-12(13)14-3/h6-7,10,14H,4-5,8-9H2,1-3H3. The first-order valence-corrected chi connectivity index (χ1v) is 8.28. The van der Waals surface area contributed by atoms with Crippen molar-refractivity contribution in [3.63, 3.8) is 0 Å². The van der Waals surface area contributed by atoms with E-state index in [1.807, 2.05) is 13.8 Å². The molecule has 1 N–H and O–H groups in total. The number of nitro benzene ring substituents is 1. The maximum absolute atomic E-state index is 12.7. The van der Waals surface area contributed by atoms with Crippen LogP contribution >= 0.6 is 0 Å². The summed E-state index contributed by atoms with van der Waals surface area (Å²) in [5.74, 6) is 0. The zero-order chi connectivity index (χ0) is 16.0. The van der Waals surface area contributed by atoms with Gasteiger partial charge in [-0.3, -0.25) is 10.1 Å². The average molecular weight is 315 g/mol. The number of hydrogen-bond donors (Lipinski definition) is 1. The number of sulfonamides is 1. The quantitative estimate of drug-likeness (QED) is 0.587. The second-order valence-electron chi connectivity index (χ2n) is 4.59. The Morgan fingerprint density at radius 1 is 1.24 bits per heavy atom. The van der Waals surface area contributed by atoms with Gasteiger partial charge in [-0.1, -0.05) is 13.8 Å². The minimum Gasteiger partial charge on any atom is -0.387 e. The van der Waals surface area contributed by atoms with E-state index in [1.165, 1.54) is 16.4 Å². The van der Waals surface area contributed by atoms with Gasteiger partial charge in [-0.2, -0.15) is 4.31 Å². The molecule has 0 aliphatic rings. The summed E-state index contributed by atoms with van der Waals surface area (Å²) < 4.78 is 26.8. The van der Waals surface area contributed by atoms with E-state index in [4.69, 9.17) is 0 Å². The third-order valence-electron chi connectivity index (χ3n) is 3.01. The monoisotopic (exact) mass is 315 g/mol. The van der Waals surface area contributed by atoms with Crippen molar-refractivity contribution >= 4 is 21.4 Å². The summed E-state index contributed by atoms with van der Waals surface area (Å²) in [4.78, 5) is 10.2. The number of nitrogens with zero attached hydrogens (tertiary/aromatic N) is 2. The Hall–Kier alpha value is -1.67. The molecule has 0 spiro atoms. The first-order valence-electron chi connectivity index (χ1n) is 6.84. The van der Waals surface area contributed by atoms with Gasteiger partial charge in [0.25, 0.3) is 5.69 Å². The van der Waals surface area contributed by atoms with Gasteiger partial charge < -0.3 is 5.32 Å². The molecule has 0 aliphatic carbocycles. The summed E-state index contributed by atoms with van der Waals surface area (Å²) in [7, 11) is -2.17. The van der Waals surface area contributed by atoms with Crippen LogP contribution in [0.25, 0.3) is 0 Å². The molecular formula is C13H21N3O4S. The van der Waals surface area contributed by atoms with E-state index >= 15 is 0 Å². The van der Waals surface area contributed by atoms with E-state index in [1.54, 1.807) is 7.05 Å². The molecule has 0 saturated carbocycles. The van der Waals surface area contributed by atoms with E-state index < -0.39 is 14.9 Å². The lowest BCUT2D eigenvalue weighted by molar-refractivity contribution is -0.385. The fraction of sp³-hybridized carbons (Fsp3) is 0.538. The Morgan fingerprint density at radius 3 is 2.24 bits per heavy atom. The van der Waals surface area contributed by atoms with Gasteiger partial charge in [0.2, 0.25) is 10.0 Å². The summed E-state index contributed by atoms with van der Waals surface area (Å²) in [6, 6.07) is 3.81. The second-order valence-corrected chi connectivity index (χ2v) is 6.50. The van der Waals surface area contributed by atoms with Crippen molar-refractivity contribution in [3.05, 3.63) is 28.3 Å². The van der Waals surface area contributed by atoms with Gasteiger partial charge in [0.15, 0.2) is 0 Å². The zero-order valence-corrected chi connectivity index (χ0v) is 13.3. The number of nitro groups is 1. The molecule has 0 radical (unpaired) electrons. The highest BCUT2D eigenvalue weighted by Crippen LogP contribution is 2.28. The van der Waals surface area contributed by atoms with Crippen molar-refractivity contribution in [2.45, 2.75) is 31.6 Å². The van der Waals surface area contributed by atoms with Crippen LogP contribution in [0.1, 0.15) is 26.7 Å². The molecule has 0 amide bonds. The van der Waals surface area contributed by atoms with Gasteiger partial charge in [0.05, 0.1) is 10.6 Å². The molecule has 1 aromatic carbocycles. The van der Waals surface area contributed by atoms with Gasteiger partial charge in [-0.15, -0.1) is 0 Å². The minimum absolute atomic E-state index is 0.0545.